The number of fused-ring (bicyclic) bond motifs is 1. The molecule has 1 aliphatic carbocycles. The number of aromatic nitrogens is 2. The molecule has 2 heterocycles. The van der Waals surface area contributed by atoms with Gasteiger partial charge in [0.25, 0.3) is 5.91 Å². The highest BCUT2D eigenvalue weighted by molar-refractivity contribution is 9.10. The highest BCUT2D eigenvalue weighted by atomic mass is 79.9. The zero-order valence-corrected chi connectivity index (χ0v) is 17.2. The number of para-hydroxylation sites is 1. The normalized spacial score (nSPS) is 13.3. The summed E-state index contributed by atoms with van der Waals surface area (Å²) in [6, 6.07) is 13.1. The van der Waals surface area contributed by atoms with Crippen LogP contribution in [0.2, 0.25) is 0 Å². The van der Waals surface area contributed by atoms with Crippen molar-refractivity contribution < 1.29 is 9.59 Å². The van der Waals surface area contributed by atoms with Gasteiger partial charge in [-0.05, 0) is 53.0 Å². The first-order valence-electron chi connectivity index (χ1n) is 8.83. The molecular weight excluding hydrogens is 440 g/mol. The van der Waals surface area contributed by atoms with Crippen molar-refractivity contribution in [1.82, 2.24) is 15.3 Å². The first-order chi connectivity index (χ1) is 13.6. The summed E-state index contributed by atoms with van der Waals surface area (Å²) in [6.45, 7) is 0. The van der Waals surface area contributed by atoms with E-state index < -0.39 is 0 Å². The molecule has 6 nitrogen and oxygen atoms in total. The van der Waals surface area contributed by atoms with Gasteiger partial charge in [0.2, 0.25) is 5.91 Å². The molecule has 0 spiro atoms. The number of benzene rings is 1. The Morgan fingerprint density at radius 3 is 2.75 bits per heavy atom. The lowest BCUT2D eigenvalue weighted by molar-refractivity contribution is -0.113. The van der Waals surface area contributed by atoms with Crippen LogP contribution < -0.4 is 10.6 Å². The Morgan fingerprint density at radius 2 is 2.00 bits per heavy atom. The average Bonchev–Trinajstić information content (AvgIpc) is 3.51. The smallest absolute Gasteiger partial charge is 0.252 e. The van der Waals surface area contributed by atoms with Gasteiger partial charge in [0, 0.05) is 22.1 Å². The van der Waals surface area contributed by atoms with E-state index in [1.807, 2.05) is 30.3 Å². The Labute approximate surface area is 174 Å². The number of carbonyl (C=O) groups is 2. The number of anilines is 1. The first-order valence-corrected chi connectivity index (χ1v) is 10.6. The van der Waals surface area contributed by atoms with E-state index in [0.29, 0.717) is 16.4 Å². The molecule has 3 aromatic rings. The molecule has 142 valence electrons. The molecule has 8 heteroatoms. The summed E-state index contributed by atoms with van der Waals surface area (Å²) >= 11 is 4.60. The molecule has 1 fully saturated rings. The van der Waals surface area contributed by atoms with Crippen molar-refractivity contribution >= 4 is 56.2 Å². The second-order valence-electron chi connectivity index (χ2n) is 6.47. The lowest BCUT2D eigenvalue weighted by atomic mass is 10.1. The van der Waals surface area contributed by atoms with Crippen molar-refractivity contribution in [3.63, 3.8) is 0 Å². The Kier molecular flexibility index (Phi) is 5.59. The van der Waals surface area contributed by atoms with E-state index in [1.165, 1.54) is 11.8 Å². The predicted molar refractivity (Wildman–Crippen MR) is 114 cm³/mol. The van der Waals surface area contributed by atoms with Crippen molar-refractivity contribution in [2.24, 2.45) is 0 Å². The summed E-state index contributed by atoms with van der Waals surface area (Å²) in [5, 5.41) is 7.22. The second kappa shape index (κ2) is 8.28. The Bertz CT molecular complexity index is 1040. The van der Waals surface area contributed by atoms with Crippen molar-refractivity contribution in [1.29, 1.82) is 0 Å². The molecule has 1 saturated carbocycles. The number of amides is 2. The molecule has 0 unspecified atom stereocenters. The van der Waals surface area contributed by atoms with Crippen LogP contribution in [0.25, 0.3) is 10.9 Å². The van der Waals surface area contributed by atoms with E-state index in [4.69, 9.17) is 0 Å². The number of nitrogens with one attached hydrogen (secondary N) is 2. The van der Waals surface area contributed by atoms with Crippen LogP contribution in [0.5, 0.6) is 0 Å². The molecule has 0 saturated heterocycles. The molecule has 0 radical (unpaired) electrons. The minimum atomic E-state index is -0.182. The third-order valence-electron chi connectivity index (χ3n) is 4.20. The van der Waals surface area contributed by atoms with Crippen LogP contribution in [-0.2, 0) is 4.79 Å². The van der Waals surface area contributed by atoms with Gasteiger partial charge < -0.3 is 10.6 Å². The van der Waals surface area contributed by atoms with Gasteiger partial charge in [-0.15, -0.1) is 0 Å². The van der Waals surface area contributed by atoms with Gasteiger partial charge in [-0.25, -0.2) is 9.97 Å². The maximum atomic E-state index is 12.6. The quantitative estimate of drug-likeness (QED) is 0.547. The van der Waals surface area contributed by atoms with Gasteiger partial charge in [-0.1, -0.05) is 30.0 Å². The fourth-order valence-corrected chi connectivity index (χ4v) is 3.62. The highest BCUT2D eigenvalue weighted by Crippen LogP contribution is 2.26. The largest absolute Gasteiger partial charge is 0.349 e. The molecule has 2 aromatic heterocycles. The summed E-state index contributed by atoms with van der Waals surface area (Å²) in [5.41, 5.74) is 1.33. The van der Waals surface area contributed by atoms with Gasteiger partial charge in [0.15, 0.2) is 0 Å². The zero-order valence-electron chi connectivity index (χ0n) is 14.8. The molecule has 1 aliphatic rings. The van der Waals surface area contributed by atoms with Gasteiger partial charge in [-0.2, -0.15) is 0 Å². The number of hydrogen-bond acceptors (Lipinski definition) is 5. The summed E-state index contributed by atoms with van der Waals surface area (Å²) in [4.78, 5) is 33.6. The molecule has 4 rings (SSSR count). The van der Waals surface area contributed by atoms with Gasteiger partial charge in [0.1, 0.15) is 5.82 Å². The standard InChI is InChI=1S/C20H17BrN4O2S/c21-12-5-8-17(22-10-12)25-18(26)11-28-19-9-15(20(27)23-13-6-7-13)14-3-1-2-4-16(14)24-19/h1-5,8-10,13H,6-7,11H2,(H,23,27)(H,22,25,26). The van der Waals surface area contributed by atoms with Crippen LogP contribution in [0.3, 0.4) is 0 Å². The van der Waals surface area contributed by atoms with Crippen molar-refractivity contribution in [2.45, 2.75) is 23.9 Å². The molecule has 2 N–H and O–H groups in total. The minimum Gasteiger partial charge on any atom is -0.349 e. The summed E-state index contributed by atoms with van der Waals surface area (Å²) < 4.78 is 0.845. The van der Waals surface area contributed by atoms with Crippen molar-refractivity contribution in [2.75, 3.05) is 11.1 Å². The van der Waals surface area contributed by atoms with Crippen molar-refractivity contribution in [3.8, 4) is 0 Å². The Morgan fingerprint density at radius 1 is 1.18 bits per heavy atom. The van der Waals surface area contributed by atoms with E-state index >= 15 is 0 Å². The summed E-state index contributed by atoms with van der Waals surface area (Å²) in [5.74, 6) is 0.391. The third kappa shape index (κ3) is 4.69. The topological polar surface area (TPSA) is 84.0 Å². The van der Waals surface area contributed by atoms with Gasteiger partial charge in [0.05, 0.1) is 21.9 Å². The van der Waals surface area contributed by atoms with Gasteiger partial charge in [-0.3, -0.25) is 9.59 Å². The molecule has 28 heavy (non-hydrogen) atoms. The number of nitrogens with zero attached hydrogens (tertiary/aromatic N) is 2. The molecule has 1 aromatic carbocycles. The second-order valence-corrected chi connectivity index (χ2v) is 8.38. The van der Waals surface area contributed by atoms with E-state index in [1.54, 1.807) is 18.3 Å². The number of hydrogen-bond donors (Lipinski definition) is 2. The SMILES string of the molecule is O=C(CSc1cc(C(=O)NC2CC2)c2ccccc2n1)Nc1ccc(Br)cn1. The fourth-order valence-electron chi connectivity index (χ4n) is 2.67. The van der Waals surface area contributed by atoms with E-state index in [9.17, 15) is 9.59 Å². The predicted octanol–water partition coefficient (Wildman–Crippen LogP) is 4.02. The van der Waals surface area contributed by atoms with E-state index in [2.05, 4.69) is 36.5 Å². The van der Waals surface area contributed by atoms with E-state index in [0.717, 1.165) is 28.2 Å². The lowest BCUT2D eigenvalue weighted by Crippen LogP contribution is -2.25. The Hall–Kier alpha value is -2.45. The number of rotatable bonds is 6. The third-order valence-corrected chi connectivity index (χ3v) is 5.58. The maximum absolute atomic E-state index is 12.6. The summed E-state index contributed by atoms with van der Waals surface area (Å²) in [7, 11) is 0. The van der Waals surface area contributed by atoms with Gasteiger partial charge >= 0.3 is 0 Å². The van der Waals surface area contributed by atoms with E-state index in [-0.39, 0.29) is 23.6 Å². The van der Waals surface area contributed by atoms with Crippen LogP contribution in [0, 0.1) is 0 Å². The molecule has 0 bridgehead atoms. The first kappa shape index (κ1) is 18.9. The van der Waals surface area contributed by atoms with Crippen LogP contribution in [0.15, 0.2) is 58.2 Å². The zero-order chi connectivity index (χ0) is 19.5. The fraction of sp³-hybridized carbons (Fsp3) is 0.200. The maximum Gasteiger partial charge on any atom is 0.252 e. The molecule has 0 aliphatic heterocycles. The number of carbonyl (C=O) groups excluding carboxylic acids is 2. The monoisotopic (exact) mass is 456 g/mol. The van der Waals surface area contributed by atoms with Crippen LogP contribution in [-0.4, -0.2) is 33.6 Å². The number of thioether (sulfide) groups is 1. The van der Waals surface area contributed by atoms with Crippen LogP contribution >= 0.6 is 27.7 Å². The number of halogens is 1. The average molecular weight is 457 g/mol. The molecule has 2 amide bonds. The highest BCUT2D eigenvalue weighted by Gasteiger charge is 2.25. The number of pyridine rings is 2. The Balaban J connectivity index is 1.49. The minimum absolute atomic E-state index is 0.0912. The van der Waals surface area contributed by atoms with Crippen LogP contribution in [0.4, 0.5) is 5.82 Å². The molecular formula is C20H17BrN4O2S. The van der Waals surface area contributed by atoms with Crippen LogP contribution in [0.1, 0.15) is 23.2 Å². The lowest BCUT2D eigenvalue weighted by Gasteiger charge is -2.10. The summed E-state index contributed by atoms with van der Waals surface area (Å²) in [6.07, 6.45) is 3.68. The molecule has 0 atom stereocenters. The van der Waals surface area contributed by atoms with Crippen molar-refractivity contribution in [3.05, 3.63) is 58.7 Å².